The van der Waals surface area contributed by atoms with Crippen molar-refractivity contribution >= 4 is 17.9 Å². The molecule has 0 saturated heterocycles. The summed E-state index contributed by atoms with van der Waals surface area (Å²) in [4.78, 5) is 27.5. The molecule has 0 fully saturated rings. The van der Waals surface area contributed by atoms with E-state index in [0.29, 0.717) is 40.6 Å². The highest BCUT2D eigenvalue weighted by Crippen LogP contribution is 2.34. The summed E-state index contributed by atoms with van der Waals surface area (Å²) in [6, 6.07) is 24.4. The number of benzene rings is 3. The number of hydrogen-bond donors (Lipinski definition) is 0. The van der Waals surface area contributed by atoms with Crippen molar-refractivity contribution in [3.8, 4) is 23.3 Å². The topological polar surface area (TPSA) is 88.9 Å². The first-order valence-corrected chi connectivity index (χ1v) is 11.4. The molecular weight excluding hydrogens is 456 g/mol. The highest BCUT2D eigenvalue weighted by molar-refractivity contribution is 6.19. The predicted molar refractivity (Wildman–Crippen MR) is 132 cm³/mol. The Labute approximate surface area is 208 Å². The zero-order chi connectivity index (χ0) is 25.1. The second-order valence-electron chi connectivity index (χ2n) is 8.40. The number of imide groups is 1. The van der Waals surface area contributed by atoms with Crippen molar-refractivity contribution in [1.29, 1.82) is 5.26 Å². The fourth-order valence-electron chi connectivity index (χ4n) is 4.06. The van der Waals surface area contributed by atoms with Gasteiger partial charge in [0.1, 0.15) is 24.0 Å². The number of carbonyl (C=O) groups is 2. The van der Waals surface area contributed by atoms with Crippen LogP contribution in [0.25, 0.3) is 6.08 Å². The first-order valence-electron chi connectivity index (χ1n) is 11.4. The van der Waals surface area contributed by atoms with Gasteiger partial charge in [0, 0.05) is 5.57 Å². The third-order valence-corrected chi connectivity index (χ3v) is 6.04. The van der Waals surface area contributed by atoms with Gasteiger partial charge in [0.15, 0.2) is 11.5 Å². The lowest BCUT2D eigenvalue weighted by Crippen LogP contribution is -2.42. The molecule has 36 heavy (non-hydrogen) atoms. The lowest BCUT2D eigenvalue weighted by atomic mass is 9.93. The number of carbonyl (C=O) groups excluding carboxylic acids is 2. The van der Waals surface area contributed by atoms with Gasteiger partial charge in [-0.2, -0.15) is 5.26 Å². The van der Waals surface area contributed by atoms with Gasteiger partial charge in [-0.15, -0.1) is 0 Å². The number of hydrogen-bond acceptors (Lipinski definition) is 6. The SMILES string of the molecule is CC1=C(C#N)C(=O)N(Cc2ccc3c(c2)OCO3)C(=O)/C1=C/c1ccc(OCc2ccccc2)cc1. The number of nitrogens with zero attached hydrogens (tertiary/aromatic N) is 2. The lowest BCUT2D eigenvalue weighted by Gasteiger charge is -2.27. The van der Waals surface area contributed by atoms with E-state index in [1.807, 2.05) is 60.7 Å². The number of rotatable bonds is 6. The molecule has 3 aromatic carbocycles. The Morgan fingerprint density at radius 1 is 0.944 bits per heavy atom. The van der Waals surface area contributed by atoms with E-state index in [4.69, 9.17) is 14.2 Å². The molecule has 0 N–H and O–H groups in total. The van der Waals surface area contributed by atoms with E-state index in [1.165, 1.54) is 0 Å². The second-order valence-corrected chi connectivity index (χ2v) is 8.40. The molecule has 0 unspecified atom stereocenters. The molecule has 0 aliphatic carbocycles. The van der Waals surface area contributed by atoms with Gasteiger partial charge in [-0.3, -0.25) is 14.5 Å². The average Bonchev–Trinajstić information content (AvgIpc) is 3.37. The fraction of sp³-hybridized carbons (Fsp3) is 0.138. The van der Waals surface area contributed by atoms with E-state index < -0.39 is 11.8 Å². The number of fused-ring (bicyclic) bond motifs is 1. The quantitative estimate of drug-likeness (QED) is 0.374. The zero-order valence-electron chi connectivity index (χ0n) is 19.6. The van der Waals surface area contributed by atoms with E-state index >= 15 is 0 Å². The molecule has 178 valence electrons. The number of nitriles is 1. The Hall–Kier alpha value is -4.83. The van der Waals surface area contributed by atoms with Crippen molar-refractivity contribution in [2.24, 2.45) is 0 Å². The lowest BCUT2D eigenvalue weighted by molar-refractivity contribution is -0.141. The van der Waals surface area contributed by atoms with Crippen LogP contribution in [0.15, 0.2) is 89.5 Å². The van der Waals surface area contributed by atoms with Crippen LogP contribution >= 0.6 is 0 Å². The standard InChI is InChI=1S/C29H22N2O5/c1-19-24(13-20-7-10-23(11-8-20)34-17-21-5-3-2-4-6-21)28(32)31(29(33)25(19)15-30)16-22-9-12-26-27(14-22)36-18-35-26/h2-14H,16-18H2,1H3/b24-13+. The van der Waals surface area contributed by atoms with Gasteiger partial charge in [0.05, 0.1) is 6.54 Å². The summed E-state index contributed by atoms with van der Waals surface area (Å²) in [5.74, 6) is 0.792. The second kappa shape index (κ2) is 9.80. The van der Waals surface area contributed by atoms with E-state index in [2.05, 4.69) is 0 Å². The van der Waals surface area contributed by atoms with Crippen molar-refractivity contribution < 1.29 is 23.8 Å². The molecule has 0 bridgehead atoms. The summed E-state index contributed by atoms with van der Waals surface area (Å²) < 4.78 is 16.6. The molecule has 7 heteroatoms. The third kappa shape index (κ3) is 4.57. The Balaban J connectivity index is 1.38. The molecule has 5 rings (SSSR count). The first kappa shape index (κ1) is 22.9. The Bertz CT molecular complexity index is 1430. The number of amides is 2. The summed E-state index contributed by atoms with van der Waals surface area (Å²) in [6.07, 6.45) is 1.69. The average molecular weight is 479 g/mol. The Morgan fingerprint density at radius 2 is 1.69 bits per heavy atom. The highest BCUT2D eigenvalue weighted by atomic mass is 16.7. The minimum absolute atomic E-state index is 0.0103. The minimum atomic E-state index is -0.612. The third-order valence-electron chi connectivity index (χ3n) is 6.04. The van der Waals surface area contributed by atoms with E-state index in [1.54, 1.807) is 31.2 Å². The predicted octanol–water partition coefficient (Wildman–Crippen LogP) is 4.79. The monoisotopic (exact) mass is 478 g/mol. The molecular formula is C29H22N2O5. The first-order chi connectivity index (χ1) is 17.5. The molecule has 3 aromatic rings. The summed E-state index contributed by atoms with van der Waals surface area (Å²) in [5.41, 5.74) is 3.11. The smallest absolute Gasteiger partial charge is 0.271 e. The Kier molecular flexibility index (Phi) is 6.25. The summed E-state index contributed by atoms with van der Waals surface area (Å²) in [5, 5.41) is 9.66. The molecule has 2 amide bonds. The maximum atomic E-state index is 13.4. The van der Waals surface area contributed by atoms with Crippen LogP contribution in [0.2, 0.25) is 0 Å². The summed E-state index contributed by atoms with van der Waals surface area (Å²) in [6.45, 7) is 2.21. The largest absolute Gasteiger partial charge is 0.489 e. The van der Waals surface area contributed by atoms with E-state index in [-0.39, 0.29) is 18.9 Å². The van der Waals surface area contributed by atoms with Gasteiger partial charge in [0.2, 0.25) is 6.79 Å². The van der Waals surface area contributed by atoms with Crippen molar-refractivity contribution in [2.75, 3.05) is 6.79 Å². The molecule has 0 radical (unpaired) electrons. The molecule has 2 aliphatic heterocycles. The number of ether oxygens (including phenoxy) is 3. The maximum absolute atomic E-state index is 13.4. The zero-order valence-corrected chi connectivity index (χ0v) is 19.6. The van der Waals surface area contributed by atoms with Gasteiger partial charge in [-0.05, 0) is 59.5 Å². The molecule has 0 aromatic heterocycles. The van der Waals surface area contributed by atoms with Crippen LogP contribution in [-0.2, 0) is 22.7 Å². The van der Waals surface area contributed by atoms with Crippen LogP contribution in [0.4, 0.5) is 0 Å². The van der Waals surface area contributed by atoms with E-state index in [0.717, 1.165) is 16.0 Å². The fourth-order valence-corrected chi connectivity index (χ4v) is 4.06. The van der Waals surface area contributed by atoms with Crippen molar-refractivity contribution in [3.63, 3.8) is 0 Å². The van der Waals surface area contributed by atoms with Gasteiger partial charge in [-0.1, -0.05) is 48.5 Å². The molecule has 7 nitrogen and oxygen atoms in total. The molecule has 2 heterocycles. The van der Waals surface area contributed by atoms with Gasteiger partial charge < -0.3 is 14.2 Å². The normalized spacial score (nSPS) is 15.9. The van der Waals surface area contributed by atoms with Crippen molar-refractivity contribution in [3.05, 3.63) is 106 Å². The molecule has 0 saturated carbocycles. The summed E-state index contributed by atoms with van der Waals surface area (Å²) >= 11 is 0. The van der Waals surface area contributed by atoms with Crippen LogP contribution in [0.3, 0.4) is 0 Å². The van der Waals surface area contributed by atoms with Crippen molar-refractivity contribution in [1.82, 2.24) is 4.90 Å². The Morgan fingerprint density at radius 3 is 2.44 bits per heavy atom. The van der Waals surface area contributed by atoms with Crippen molar-refractivity contribution in [2.45, 2.75) is 20.1 Å². The molecule has 0 spiro atoms. The maximum Gasteiger partial charge on any atom is 0.271 e. The molecule has 2 aliphatic rings. The van der Waals surface area contributed by atoms with Gasteiger partial charge in [0.25, 0.3) is 11.8 Å². The van der Waals surface area contributed by atoms with Crippen LogP contribution in [0.1, 0.15) is 23.6 Å². The minimum Gasteiger partial charge on any atom is -0.489 e. The van der Waals surface area contributed by atoms with Crippen LogP contribution in [0.5, 0.6) is 17.2 Å². The van der Waals surface area contributed by atoms with Crippen LogP contribution in [-0.4, -0.2) is 23.5 Å². The van der Waals surface area contributed by atoms with Gasteiger partial charge >= 0.3 is 0 Å². The summed E-state index contributed by atoms with van der Waals surface area (Å²) in [7, 11) is 0. The highest BCUT2D eigenvalue weighted by Gasteiger charge is 2.35. The van der Waals surface area contributed by atoms with E-state index in [9.17, 15) is 14.9 Å². The molecule has 0 atom stereocenters. The van der Waals surface area contributed by atoms with Crippen LogP contribution < -0.4 is 14.2 Å². The van der Waals surface area contributed by atoms with Gasteiger partial charge in [-0.25, -0.2) is 0 Å². The van der Waals surface area contributed by atoms with Crippen LogP contribution in [0, 0.1) is 11.3 Å².